The van der Waals surface area contributed by atoms with E-state index in [4.69, 9.17) is 0 Å². The Balaban J connectivity index is 0.00000216. The number of aromatic carboxylic acids is 1. The van der Waals surface area contributed by atoms with Gasteiger partial charge in [0.15, 0.2) is 0 Å². The van der Waals surface area contributed by atoms with Crippen LogP contribution in [0.25, 0.3) is 27.7 Å². The summed E-state index contributed by atoms with van der Waals surface area (Å²) in [6, 6.07) is 15.3. The van der Waals surface area contributed by atoms with E-state index in [-0.39, 0.29) is 48.5 Å². The monoisotopic (exact) mass is 552 g/mol. The lowest BCUT2D eigenvalue weighted by Crippen LogP contribution is -2.17. The van der Waals surface area contributed by atoms with Crippen LogP contribution < -0.4 is 0 Å². The van der Waals surface area contributed by atoms with Crippen molar-refractivity contribution in [1.82, 2.24) is 19.4 Å². The molecule has 0 bridgehead atoms. The summed E-state index contributed by atoms with van der Waals surface area (Å²) >= 11 is 0. The van der Waals surface area contributed by atoms with Crippen LogP contribution in [0.2, 0.25) is 0 Å². The lowest BCUT2D eigenvalue weighted by atomic mass is 9.96. The van der Waals surface area contributed by atoms with Crippen LogP contribution in [0.1, 0.15) is 21.6 Å². The predicted octanol–water partition coefficient (Wildman–Crippen LogP) is 5.48. The van der Waals surface area contributed by atoms with Crippen molar-refractivity contribution in [2.75, 3.05) is 28.2 Å². The standard InChI is InChI=1S/C26H28N4O3.3ClH/c1-28(2)15-20-23-21(13-19(25(20)31)17-9-8-12-27-14-17)30(18-10-6-5-7-11-18)22(16-29(3)4)24(23)26(32)33;;;/h5-14,31H,15-16H2,1-4H3,(H,32,33);3*1H. The maximum atomic E-state index is 12.6. The number of carbonyl (C=O) groups is 1. The molecule has 10 heteroatoms. The van der Waals surface area contributed by atoms with Crippen LogP contribution >= 0.6 is 37.2 Å². The van der Waals surface area contributed by atoms with Crippen LogP contribution in [0.3, 0.4) is 0 Å². The third kappa shape index (κ3) is 5.94. The summed E-state index contributed by atoms with van der Waals surface area (Å²) in [6.07, 6.45) is 3.39. The lowest BCUT2D eigenvalue weighted by molar-refractivity contribution is 0.0697. The van der Waals surface area contributed by atoms with E-state index in [0.29, 0.717) is 35.3 Å². The minimum Gasteiger partial charge on any atom is -0.507 e. The van der Waals surface area contributed by atoms with Crippen LogP contribution in [-0.4, -0.2) is 63.7 Å². The highest BCUT2D eigenvalue weighted by atomic mass is 35.5. The number of phenolic OH excluding ortho intramolecular Hbond substituents is 1. The molecule has 4 aromatic rings. The highest BCUT2D eigenvalue weighted by Crippen LogP contribution is 2.42. The van der Waals surface area contributed by atoms with Crippen molar-refractivity contribution < 1.29 is 15.0 Å². The summed E-state index contributed by atoms with van der Waals surface area (Å²) in [6.45, 7) is 0.812. The van der Waals surface area contributed by atoms with Gasteiger partial charge in [0.05, 0.1) is 16.8 Å². The number of halogens is 3. The number of phenols is 1. The number of benzene rings is 2. The van der Waals surface area contributed by atoms with E-state index in [0.717, 1.165) is 16.8 Å². The highest BCUT2D eigenvalue weighted by molar-refractivity contribution is 6.09. The number of pyridine rings is 1. The average molecular weight is 554 g/mol. The zero-order chi connectivity index (χ0) is 23.7. The van der Waals surface area contributed by atoms with E-state index in [1.807, 2.05) is 91.1 Å². The Bertz CT molecular complexity index is 1310. The fourth-order valence-corrected chi connectivity index (χ4v) is 4.33. The summed E-state index contributed by atoms with van der Waals surface area (Å²) in [5, 5.41) is 22.3. The van der Waals surface area contributed by atoms with Gasteiger partial charge in [-0.3, -0.25) is 4.98 Å². The normalized spacial score (nSPS) is 10.6. The van der Waals surface area contributed by atoms with Gasteiger partial charge in [0, 0.05) is 53.2 Å². The number of aromatic hydroxyl groups is 1. The van der Waals surface area contributed by atoms with E-state index >= 15 is 0 Å². The van der Waals surface area contributed by atoms with Gasteiger partial charge in [0.25, 0.3) is 0 Å². The molecule has 2 aromatic carbocycles. The van der Waals surface area contributed by atoms with Crippen LogP contribution in [0.15, 0.2) is 60.9 Å². The molecule has 0 aliphatic rings. The number of carboxylic acid groups (broad SMARTS) is 1. The number of para-hydroxylation sites is 1. The molecule has 2 heterocycles. The first kappa shape index (κ1) is 31.2. The van der Waals surface area contributed by atoms with Crippen LogP contribution in [-0.2, 0) is 13.1 Å². The Kier molecular flexibility index (Phi) is 11.2. The summed E-state index contributed by atoms with van der Waals surface area (Å²) in [5.41, 5.74) is 4.46. The number of rotatable bonds is 7. The van der Waals surface area contributed by atoms with Crippen molar-refractivity contribution in [2.24, 2.45) is 0 Å². The van der Waals surface area contributed by atoms with Gasteiger partial charge >= 0.3 is 5.97 Å². The van der Waals surface area contributed by atoms with E-state index in [1.54, 1.807) is 12.4 Å². The van der Waals surface area contributed by atoms with Gasteiger partial charge in [-0.05, 0) is 52.5 Å². The van der Waals surface area contributed by atoms with Crippen molar-refractivity contribution in [1.29, 1.82) is 0 Å². The number of hydrogen-bond acceptors (Lipinski definition) is 5. The van der Waals surface area contributed by atoms with Gasteiger partial charge in [-0.25, -0.2) is 4.79 Å². The third-order valence-electron chi connectivity index (χ3n) is 5.57. The van der Waals surface area contributed by atoms with E-state index in [9.17, 15) is 15.0 Å². The molecule has 7 nitrogen and oxygen atoms in total. The smallest absolute Gasteiger partial charge is 0.338 e. The summed E-state index contributed by atoms with van der Waals surface area (Å²) in [4.78, 5) is 20.7. The van der Waals surface area contributed by atoms with E-state index in [1.165, 1.54) is 0 Å². The predicted molar refractivity (Wildman–Crippen MR) is 152 cm³/mol. The Hall–Kier alpha value is -2.81. The quantitative estimate of drug-likeness (QED) is 0.315. The molecule has 0 amide bonds. The van der Waals surface area contributed by atoms with Crippen molar-refractivity contribution >= 4 is 54.1 Å². The fourth-order valence-electron chi connectivity index (χ4n) is 4.33. The molecule has 0 saturated heterocycles. The Morgan fingerprint density at radius 1 is 0.944 bits per heavy atom. The van der Waals surface area contributed by atoms with Crippen molar-refractivity contribution in [3.05, 3.63) is 77.7 Å². The molecule has 0 atom stereocenters. The fraction of sp³-hybridized carbons (Fsp3) is 0.231. The van der Waals surface area contributed by atoms with Gasteiger partial charge in [0.1, 0.15) is 5.75 Å². The molecule has 0 spiro atoms. The molecule has 4 rings (SSSR count). The number of nitrogens with zero attached hydrogens (tertiary/aromatic N) is 4. The Morgan fingerprint density at radius 2 is 1.58 bits per heavy atom. The molecular formula is C26H31Cl3N4O3. The van der Waals surface area contributed by atoms with Crippen LogP contribution in [0.5, 0.6) is 5.75 Å². The maximum Gasteiger partial charge on any atom is 0.338 e. The Morgan fingerprint density at radius 3 is 2.11 bits per heavy atom. The number of hydrogen-bond donors (Lipinski definition) is 2. The second-order valence-corrected chi connectivity index (χ2v) is 8.66. The Labute approximate surface area is 229 Å². The second-order valence-electron chi connectivity index (χ2n) is 8.66. The highest BCUT2D eigenvalue weighted by Gasteiger charge is 2.28. The molecule has 0 saturated carbocycles. The third-order valence-corrected chi connectivity index (χ3v) is 5.57. The van der Waals surface area contributed by atoms with Gasteiger partial charge < -0.3 is 24.6 Å². The molecule has 194 valence electrons. The van der Waals surface area contributed by atoms with Gasteiger partial charge in [-0.15, -0.1) is 37.2 Å². The second kappa shape index (κ2) is 12.9. The van der Waals surface area contributed by atoms with Gasteiger partial charge in [-0.2, -0.15) is 0 Å². The maximum absolute atomic E-state index is 12.6. The van der Waals surface area contributed by atoms with Crippen LogP contribution in [0.4, 0.5) is 0 Å². The first-order valence-corrected chi connectivity index (χ1v) is 10.7. The molecule has 0 unspecified atom stereocenters. The number of fused-ring (bicyclic) bond motifs is 1. The van der Waals surface area contributed by atoms with E-state index < -0.39 is 5.97 Å². The molecule has 0 aliphatic carbocycles. The average Bonchev–Trinajstić information content (AvgIpc) is 3.09. The molecule has 2 aromatic heterocycles. The minimum atomic E-state index is -1.01. The summed E-state index contributed by atoms with van der Waals surface area (Å²) in [7, 11) is 7.63. The van der Waals surface area contributed by atoms with Crippen molar-refractivity contribution in [3.8, 4) is 22.6 Å². The molecule has 0 radical (unpaired) electrons. The SMILES string of the molecule is CN(C)Cc1c(O)c(-c2cccnc2)cc2c1c(C(=O)O)c(CN(C)C)n2-c1ccccc1.Cl.Cl.Cl. The van der Waals surface area contributed by atoms with Crippen LogP contribution in [0, 0.1) is 0 Å². The molecule has 2 N–H and O–H groups in total. The topological polar surface area (TPSA) is 81.8 Å². The summed E-state index contributed by atoms with van der Waals surface area (Å²) < 4.78 is 2.00. The number of aromatic nitrogens is 2. The zero-order valence-corrected chi connectivity index (χ0v) is 23.0. The zero-order valence-electron chi connectivity index (χ0n) is 20.5. The van der Waals surface area contributed by atoms with E-state index in [2.05, 4.69) is 4.98 Å². The van der Waals surface area contributed by atoms with Gasteiger partial charge in [-0.1, -0.05) is 24.3 Å². The molecule has 0 aliphatic heterocycles. The van der Waals surface area contributed by atoms with Crippen molar-refractivity contribution in [2.45, 2.75) is 13.1 Å². The molecule has 36 heavy (non-hydrogen) atoms. The first-order valence-electron chi connectivity index (χ1n) is 10.7. The van der Waals surface area contributed by atoms with Gasteiger partial charge in [0.2, 0.25) is 0 Å². The molecule has 0 fully saturated rings. The minimum absolute atomic E-state index is 0. The summed E-state index contributed by atoms with van der Waals surface area (Å²) in [5.74, 6) is -0.937. The lowest BCUT2D eigenvalue weighted by Gasteiger charge is -2.17. The molecular weight excluding hydrogens is 523 g/mol. The first-order chi connectivity index (χ1) is 15.8. The van der Waals surface area contributed by atoms with Crippen molar-refractivity contribution in [3.63, 3.8) is 0 Å². The largest absolute Gasteiger partial charge is 0.507 e. The number of carboxylic acids is 1.